The van der Waals surface area contributed by atoms with Gasteiger partial charge in [-0.1, -0.05) is 60.1 Å². The molecule has 0 N–H and O–H groups in total. The Morgan fingerprint density at radius 1 is 0.694 bits per heavy atom. The molecule has 0 fully saturated rings. The van der Waals surface area contributed by atoms with Gasteiger partial charge in [-0.15, -0.1) is 0 Å². The van der Waals surface area contributed by atoms with Gasteiger partial charge in [-0.2, -0.15) is 0 Å². The van der Waals surface area contributed by atoms with Crippen LogP contribution in [-0.4, -0.2) is 15.9 Å². The highest BCUT2D eigenvalue weighted by atomic mass is 35.5. The predicted octanol–water partition coefficient (Wildman–Crippen LogP) is 7.26. The third-order valence-corrected chi connectivity index (χ3v) is 5.67. The molecule has 3 aromatic carbocycles. The van der Waals surface area contributed by atoms with Gasteiger partial charge in [0.25, 0.3) is 0 Å². The van der Waals surface area contributed by atoms with Crippen molar-refractivity contribution in [3.8, 4) is 34.0 Å². The number of hydrogen-bond acceptors (Lipinski definition) is 5. The van der Waals surface area contributed by atoms with E-state index in [-0.39, 0.29) is 0 Å². The molecule has 0 saturated carbocycles. The maximum atomic E-state index is 12.7. The first-order chi connectivity index (χ1) is 17.6. The van der Waals surface area contributed by atoms with Gasteiger partial charge in [-0.3, -0.25) is 9.97 Å². The number of benzene rings is 3. The van der Waals surface area contributed by atoms with Crippen molar-refractivity contribution in [3.63, 3.8) is 0 Å². The quantitative estimate of drug-likeness (QED) is 0.177. The Kier molecular flexibility index (Phi) is 7.01. The van der Waals surface area contributed by atoms with Crippen LogP contribution in [0.5, 0.6) is 11.5 Å². The van der Waals surface area contributed by atoms with Crippen LogP contribution < -0.4 is 9.47 Å². The molecule has 6 heteroatoms. The van der Waals surface area contributed by atoms with E-state index in [1.807, 2.05) is 72.8 Å². The highest BCUT2D eigenvalue weighted by Crippen LogP contribution is 2.28. The minimum absolute atomic E-state index is 0.307. The van der Waals surface area contributed by atoms with Crippen LogP contribution in [0.25, 0.3) is 22.5 Å². The molecule has 0 amide bonds. The van der Waals surface area contributed by atoms with Crippen molar-refractivity contribution in [2.45, 2.75) is 6.61 Å². The van der Waals surface area contributed by atoms with Crippen molar-refractivity contribution in [1.29, 1.82) is 0 Å². The summed E-state index contributed by atoms with van der Waals surface area (Å²) in [5.41, 5.74) is 5.10. The molecule has 0 saturated heterocycles. The number of ether oxygens (including phenoxy) is 2. The number of rotatable bonds is 7. The fraction of sp³-hybridized carbons (Fsp3) is 0.0333. The Morgan fingerprint density at radius 3 is 1.86 bits per heavy atom. The second-order valence-corrected chi connectivity index (χ2v) is 8.44. The van der Waals surface area contributed by atoms with Gasteiger partial charge < -0.3 is 9.47 Å². The van der Waals surface area contributed by atoms with Crippen molar-refractivity contribution in [1.82, 2.24) is 9.97 Å². The molecule has 36 heavy (non-hydrogen) atoms. The minimum atomic E-state index is -0.485. The summed E-state index contributed by atoms with van der Waals surface area (Å²) in [7, 11) is 0. The van der Waals surface area contributed by atoms with E-state index in [4.69, 9.17) is 21.1 Å². The molecule has 0 spiro atoms. The van der Waals surface area contributed by atoms with Crippen molar-refractivity contribution in [3.05, 3.63) is 132 Å². The van der Waals surface area contributed by atoms with E-state index in [0.29, 0.717) is 28.7 Å². The standard InChI is InChI=1S/C30H21ClN2O3/c31-25-17-26(35-20-21-7-9-22(10-8-21)28-5-1-3-15-32-28)19-27(18-25)36-30(34)24-13-11-23(12-14-24)29-6-2-4-16-33-29/h1-19H,20H2. The summed E-state index contributed by atoms with van der Waals surface area (Å²) in [5.74, 6) is 0.326. The van der Waals surface area contributed by atoms with Gasteiger partial charge in [0.1, 0.15) is 18.1 Å². The smallest absolute Gasteiger partial charge is 0.343 e. The Morgan fingerprint density at radius 2 is 1.28 bits per heavy atom. The van der Waals surface area contributed by atoms with E-state index in [9.17, 15) is 4.79 Å². The first-order valence-corrected chi connectivity index (χ1v) is 11.7. The largest absolute Gasteiger partial charge is 0.489 e. The second-order valence-electron chi connectivity index (χ2n) is 8.01. The predicted molar refractivity (Wildman–Crippen MR) is 140 cm³/mol. The Bertz CT molecular complexity index is 1460. The van der Waals surface area contributed by atoms with Gasteiger partial charge in [0.2, 0.25) is 0 Å². The Hall–Kier alpha value is -4.48. The lowest BCUT2D eigenvalue weighted by molar-refractivity contribution is 0.0734. The van der Waals surface area contributed by atoms with Crippen LogP contribution in [0.15, 0.2) is 116 Å². The van der Waals surface area contributed by atoms with Crippen LogP contribution in [-0.2, 0) is 6.61 Å². The Balaban J connectivity index is 1.23. The van der Waals surface area contributed by atoms with Crippen LogP contribution in [0, 0.1) is 0 Å². The molecule has 0 aliphatic rings. The van der Waals surface area contributed by atoms with E-state index >= 15 is 0 Å². The van der Waals surface area contributed by atoms with Crippen LogP contribution >= 0.6 is 11.6 Å². The molecule has 0 atom stereocenters. The lowest BCUT2D eigenvalue weighted by Gasteiger charge is -2.10. The molecule has 5 rings (SSSR count). The summed E-state index contributed by atoms with van der Waals surface area (Å²) in [6.45, 7) is 0.339. The van der Waals surface area contributed by atoms with Crippen LogP contribution in [0.1, 0.15) is 15.9 Å². The summed E-state index contributed by atoms with van der Waals surface area (Å²) in [5, 5.41) is 0.409. The lowest BCUT2D eigenvalue weighted by Crippen LogP contribution is -2.08. The Labute approximate surface area is 214 Å². The van der Waals surface area contributed by atoms with E-state index in [2.05, 4.69) is 9.97 Å². The number of carbonyl (C=O) groups excluding carboxylic acids is 1. The van der Waals surface area contributed by atoms with Crippen LogP contribution in [0.4, 0.5) is 0 Å². The monoisotopic (exact) mass is 492 g/mol. The maximum absolute atomic E-state index is 12.7. The number of nitrogens with zero attached hydrogens (tertiary/aromatic N) is 2. The minimum Gasteiger partial charge on any atom is -0.489 e. The molecule has 0 radical (unpaired) electrons. The molecule has 5 nitrogen and oxygen atoms in total. The molecular weight excluding hydrogens is 472 g/mol. The first-order valence-electron chi connectivity index (χ1n) is 11.3. The molecule has 2 aromatic heterocycles. The van der Waals surface area contributed by atoms with Crippen LogP contribution in [0.3, 0.4) is 0 Å². The maximum Gasteiger partial charge on any atom is 0.343 e. The zero-order chi connectivity index (χ0) is 24.7. The normalized spacial score (nSPS) is 10.6. The van der Waals surface area contributed by atoms with Crippen molar-refractivity contribution in [2.75, 3.05) is 0 Å². The van der Waals surface area contributed by atoms with Crippen LogP contribution in [0.2, 0.25) is 5.02 Å². The molecule has 5 aromatic rings. The molecule has 0 aliphatic carbocycles. The highest BCUT2D eigenvalue weighted by Gasteiger charge is 2.11. The molecule has 0 bridgehead atoms. The highest BCUT2D eigenvalue weighted by molar-refractivity contribution is 6.30. The number of carbonyl (C=O) groups is 1. The molecular formula is C30H21ClN2O3. The molecule has 176 valence electrons. The average molecular weight is 493 g/mol. The van der Waals surface area contributed by atoms with Gasteiger partial charge in [-0.05, 0) is 54.1 Å². The van der Waals surface area contributed by atoms with Gasteiger partial charge in [0.15, 0.2) is 0 Å². The van der Waals surface area contributed by atoms with E-state index in [1.165, 1.54) is 0 Å². The zero-order valence-corrected chi connectivity index (χ0v) is 19.9. The number of halogens is 1. The van der Waals surface area contributed by atoms with Crippen molar-refractivity contribution < 1.29 is 14.3 Å². The zero-order valence-electron chi connectivity index (χ0n) is 19.2. The summed E-state index contributed by atoms with van der Waals surface area (Å²) in [4.78, 5) is 21.4. The van der Waals surface area contributed by atoms with E-state index in [1.54, 1.807) is 42.7 Å². The van der Waals surface area contributed by atoms with Gasteiger partial charge in [0.05, 0.1) is 17.0 Å². The summed E-state index contributed by atoms with van der Waals surface area (Å²) in [6.07, 6.45) is 3.50. The first kappa shape index (κ1) is 23.3. The van der Waals surface area contributed by atoms with Gasteiger partial charge in [-0.25, -0.2) is 4.79 Å². The summed E-state index contributed by atoms with van der Waals surface area (Å²) in [6, 6.07) is 31.5. The van der Waals surface area contributed by atoms with Gasteiger partial charge >= 0.3 is 5.97 Å². The third-order valence-electron chi connectivity index (χ3n) is 5.46. The summed E-state index contributed by atoms with van der Waals surface area (Å²) >= 11 is 6.25. The third kappa shape index (κ3) is 5.77. The number of hydrogen-bond donors (Lipinski definition) is 0. The summed E-state index contributed by atoms with van der Waals surface area (Å²) < 4.78 is 11.5. The lowest BCUT2D eigenvalue weighted by atomic mass is 10.1. The topological polar surface area (TPSA) is 61.3 Å². The fourth-order valence-corrected chi connectivity index (χ4v) is 3.84. The number of aromatic nitrogens is 2. The number of pyridine rings is 2. The molecule has 2 heterocycles. The molecule has 0 aliphatic heterocycles. The molecule has 0 unspecified atom stereocenters. The van der Waals surface area contributed by atoms with Crippen molar-refractivity contribution in [2.24, 2.45) is 0 Å². The fourth-order valence-electron chi connectivity index (χ4n) is 3.63. The van der Waals surface area contributed by atoms with E-state index < -0.39 is 5.97 Å². The number of esters is 1. The van der Waals surface area contributed by atoms with Crippen molar-refractivity contribution >= 4 is 17.6 Å². The van der Waals surface area contributed by atoms with Gasteiger partial charge in [0, 0.05) is 34.6 Å². The average Bonchev–Trinajstić information content (AvgIpc) is 2.93. The second kappa shape index (κ2) is 10.8. The SMILES string of the molecule is O=C(Oc1cc(Cl)cc(OCc2ccc(-c3ccccn3)cc2)c1)c1ccc(-c2ccccn2)cc1. The van der Waals surface area contributed by atoms with E-state index in [0.717, 1.165) is 28.1 Å².